The first-order chi connectivity index (χ1) is 7.61. The first kappa shape index (κ1) is 10.5. The van der Waals surface area contributed by atoms with Crippen molar-refractivity contribution in [2.45, 2.75) is 6.92 Å². The Morgan fingerprint density at radius 1 is 1.44 bits per heavy atom. The second kappa shape index (κ2) is 3.84. The molecule has 84 valence electrons. The fraction of sp³-hybridized carbons (Fsp3) is 0.182. The first-order valence-electron chi connectivity index (χ1n) is 4.68. The summed E-state index contributed by atoms with van der Waals surface area (Å²) in [6, 6.07) is 4.23. The largest absolute Gasteiger partial charge is 0.496 e. The number of halogens is 1. The van der Waals surface area contributed by atoms with Crippen LogP contribution in [0, 0.1) is 12.7 Å². The van der Waals surface area contributed by atoms with Crippen LogP contribution in [0.25, 0.3) is 11.3 Å². The molecule has 0 atom stereocenters. The molecule has 0 unspecified atom stereocenters. The third-order valence-corrected chi connectivity index (χ3v) is 2.22. The van der Waals surface area contributed by atoms with Gasteiger partial charge in [-0.1, -0.05) is 0 Å². The minimum Gasteiger partial charge on any atom is -0.496 e. The van der Waals surface area contributed by atoms with Crippen molar-refractivity contribution in [1.29, 1.82) is 0 Å². The standard InChI is InChI=1S/C11H11FN2O2/c1-6-10(16-11(13)14-6)8-5-7(12)3-4-9(8)15-2/h3-5H,1-2H3,(H2,13,14). The van der Waals surface area contributed by atoms with Crippen LogP contribution in [-0.2, 0) is 0 Å². The number of nitrogen functional groups attached to an aromatic ring is 1. The Morgan fingerprint density at radius 3 is 2.75 bits per heavy atom. The molecule has 0 saturated heterocycles. The van der Waals surface area contributed by atoms with Gasteiger partial charge in [0.25, 0.3) is 6.01 Å². The van der Waals surface area contributed by atoms with Crippen molar-refractivity contribution in [1.82, 2.24) is 4.98 Å². The Labute approximate surface area is 91.9 Å². The summed E-state index contributed by atoms with van der Waals surface area (Å²) in [5.41, 5.74) is 6.54. The highest BCUT2D eigenvalue weighted by atomic mass is 19.1. The van der Waals surface area contributed by atoms with E-state index in [1.807, 2.05) is 0 Å². The SMILES string of the molecule is COc1ccc(F)cc1-c1oc(N)nc1C. The number of hydrogen-bond donors (Lipinski definition) is 1. The lowest BCUT2D eigenvalue weighted by molar-refractivity contribution is 0.413. The number of hydrogen-bond acceptors (Lipinski definition) is 4. The van der Waals surface area contributed by atoms with Crippen molar-refractivity contribution in [3.8, 4) is 17.1 Å². The molecule has 1 heterocycles. The predicted molar refractivity (Wildman–Crippen MR) is 57.6 cm³/mol. The van der Waals surface area contributed by atoms with Gasteiger partial charge in [0.15, 0.2) is 5.76 Å². The molecule has 0 radical (unpaired) electrons. The Balaban J connectivity index is 2.62. The zero-order chi connectivity index (χ0) is 11.7. The molecule has 0 aliphatic heterocycles. The quantitative estimate of drug-likeness (QED) is 0.847. The topological polar surface area (TPSA) is 61.3 Å². The summed E-state index contributed by atoms with van der Waals surface area (Å²) < 4.78 is 23.5. The van der Waals surface area contributed by atoms with Crippen LogP contribution >= 0.6 is 0 Å². The van der Waals surface area contributed by atoms with Gasteiger partial charge in [-0.15, -0.1) is 0 Å². The number of nitrogens with two attached hydrogens (primary N) is 1. The number of rotatable bonds is 2. The van der Waals surface area contributed by atoms with Gasteiger partial charge >= 0.3 is 0 Å². The van der Waals surface area contributed by atoms with Crippen molar-refractivity contribution < 1.29 is 13.5 Å². The van der Waals surface area contributed by atoms with Gasteiger partial charge in [-0.2, -0.15) is 4.98 Å². The molecule has 0 bridgehead atoms. The molecule has 0 amide bonds. The smallest absolute Gasteiger partial charge is 0.292 e. The van der Waals surface area contributed by atoms with Crippen molar-refractivity contribution >= 4 is 6.01 Å². The fourth-order valence-electron chi connectivity index (χ4n) is 1.52. The van der Waals surface area contributed by atoms with Crippen LogP contribution in [0.2, 0.25) is 0 Å². The van der Waals surface area contributed by atoms with Gasteiger partial charge in [-0.05, 0) is 25.1 Å². The van der Waals surface area contributed by atoms with Crippen LogP contribution in [-0.4, -0.2) is 12.1 Å². The Kier molecular flexibility index (Phi) is 2.52. The molecule has 2 aromatic rings. The van der Waals surface area contributed by atoms with Gasteiger partial charge in [-0.25, -0.2) is 4.39 Å². The van der Waals surface area contributed by atoms with Gasteiger partial charge in [0.2, 0.25) is 0 Å². The molecule has 0 saturated carbocycles. The summed E-state index contributed by atoms with van der Waals surface area (Å²) >= 11 is 0. The molecule has 1 aromatic heterocycles. The lowest BCUT2D eigenvalue weighted by Gasteiger charge is -2.06. The number of benzene rings is 1. The van der Waals surface area contributed by atoms with E-state index in [-0.39, 0.29) is 11.8 Å². The summed E-state index contributed by atoms with van der Waals surface area (Å²) in [7, 11) is 1.51. The van der Waals surface area contributed by atoms with E-state index in [4.69, 9.17) is 14.9 Å². The van der Waals surface area contributed by atoms with E-state index in [9.17, 15) is 4.39 Å². The van der Waals surface area contributed by atoms with E-state index in [0.717, 1.165) is 0 Å². The Hall–Kier alpha value is -2.04. The second-order valence-electron chi connectivity index (χ2n) is 3.31. The van der Waals surface area contributed by atoms with Gasteiger partial charge < -0.3 is 14.9 Å². The maximum absolute atomic E-state index is 13.2. The molecule has 1 aromatic carbocycles. The van der Waals surface area contributed by atoms with Gasteiger partial charge in [0.1, 0.15) is 11.6 Å². The average Bonchev–Trinajstić information content (AvgIpc) is 2.57. The number of methoxy groups -OCH3 is 1. The van der Waals surface area contributed by atoms with Crippen molar-refractivity contribution in [2.24, 2.45) is 0 Å². The molecule has 2 rings (SSSR count). The second-order valence-corrected chi connectivity index (χ2v) is 3.31. The van der Waals surface area contributed by atoms with Crippen molar-refractivity contribution in [2.75, 3.05) is 12.8 Å². The predicted octanol–water partition coefficient (Wildman–Crippen LogP) is 2.38. The molecular weight excluding hydrogens is 211 g/mol. The van der Waals surface area contributed by atoms with Gasteiger partial charge in [-0.3, -0.25) is 0 Å². The molecular formula is C11H11FN2O2. The number of anilines is 1. The summed E-state index contributed by atoms with van der Waals surface area (Å²) in [6.07, 6.45) is 0. The number of nitrogens with zero attached hydrogens (tertiary/aromatic N) is 1. The van der Waals surface area contributed by atoms with E-state index in [1.165, 1.54) is 25.3 Å². The molecule has 0 spiro atoms. The lowest BCUT2D eigenvalue weighted by atomic mass is 10.1. The third kappa shape index (κ3) is 1.71. The Bertz CT molecular complexity index is 523. The van der Waals surface area contributed by atoms with Crippen molar-refractivity contribution in [3.63, 3.8) is 0 Å². The molecule has 0 fully saturated rings. The molecule has 16 heavy (non-hydrogen) atoms. The fourth-order valence-corrected chi connectivity index (χ4v) is 1.52. The first-order valence-corrected chi connectivity index (χ1v) is 4.68. The van der Waals surface area contributed by atoms with E-state index in [2.05, 4.69) is 4.98 Å². The normalized spacial score (nSPS) is 10.4. The number of aryl methyl sites for hydroxylation is 1. The molecule has 5 heteroatoms. The monoisotopic (exact) mass is 222 g/mol. The van der Waals surface area contributed by atoms with Crippen LogP contribution < -0.4 is 10.5 Å². The van der Waals surface area contributed by atoms with Gasteiger partial charge in [0.05, 0.1) is 18.4 Å². The van der Waals surface area contributed by atoms with E-state index >= 15 is 0 Å². The molecule has 0 aliphatic rings. The van der Waals surface area contributed by atoms with Crippen LogP contribution in [0.5, 0.6) is 5.75 Å². The number of ether oxygens (including phenoxy) is 1. The maximum atomic E-state index is 13.2. The van der Waals surface area contributed by atoms with Crippen LogP contribution in [0.3, 0.4) is 0 Å². The minimum absolute atomic E-state index is 0.0545. The number of aromatic nitrogens is 1. The zero-order valence-electron chi connectivity index (χ0n) is 8.95. The van der Waals surface area contributed by atoms with E-state index in [1.54, 1.807) is 6.92 Å². The number of oxazole rings is 1. The minimum atomic E-state index is -0.370. The summed E-state index contributed by atoms with van der Waals surface area (Å²) in [6.45, 7) is 1.74. The third-order valence-electron chi connectivity index (χ3n) is 2.22. The zero-order valence-corrected chi connectivity index (χ0v) is 8.95. The lowest BCUT2D eigenvalue weighted by Crippen LogP contribution is -1.89. The van der Waals surface area contributed by atoms with Crippen LogP contribution in [0.1, 0.15) is 5.69 Å². The highest BCUT2D eigenvalue weighted by molar-refractivity contribution is 5.68. The summed E-state index contributed by atoms with van der Waals surface area (Å²) in [4.78, 5) is 3.93. The van der Waals surface area contributed by atoms with Crippen LogP contribution in [0.4, 0.5) is 10.4 Å². The van der Waals surface area contributed by atoms with Crippen molar-refractivity contribution in [3.05, 3.63) is 29.7 Å². The van der Waals surface area contributed by atoms with Crippen LogP contribution in [0.15, 0.2) is 22.6 Å². The van der Waals surface area contributed by atoms with E-state index in [0.29, 0.717) is 22.8 Å². The highest BCUT2D eigenvalue weighted by Gasteiger charge is 2.15. The van der Waals surface area contributed by atoms with Gasteiger partial charge in [0, 0.05) is 0 Å². The maximum Gasteiger partial charge on any atom is 0.292 e. The molecule has 0 aliphatic carbocycles. The van der Waals surface area contributed by atoms with E-state index < -0.39 is 0 Å². The average molecular weight is 222 g/mol. The molecule has 4 nitrogen and oxygen atoms in total. The summed E-state index contributed by atoms with van der Waals surface area (Å²) in [5.74, 6) is 0.569. The highest BCUT2D eigenvalue weighted by Crippen LogP contribution is 2.33. The molecule has 2 N–H and O–H groups in total. The summed E-state index contributed by atoms with van der Waals surface area (Å²) in [5, 5.41) is 0. The Morgan fingerprint density at radius 2 is 2.19 bits per heavy atom.